The van der Waals surface area contributed by atoms with Crippen LogP contribution < -0.4 is 10.9 Å². The molecule has 158 valence electrons. The molecule has 1 amide bonds. The van der Waals surface area contributed by atoms with Gasteiger partial charge in [0, 0.05) is 19.7 Å². The Morgan fingerprint density at radius 2 is 1.84 bits per heavy atom. The smallest absolute Gasteiger partial charge is 0.330 e. The zero-order valence-electron chi connectivity index (χ0n) is 16.4. The van der Waals surface area contributed by atoms with Gasteiger partial charge in [-0.05, 0) is 24.3 Å². The van der Waals surface area contributed by atoms with Crippen molar-refractivity contribution < 1.29 is 18.0 Å². The molecular formula is C21H16F3N5O2. The number of benzene rings is 2. The lowest BCUT2D eigenvalue weighted by Gasteiger charge is -2.14. The number of alkyl halides is 3. The van der Waals surface area contributed by atoms with Crippen LogP contribution in [0.4, 0.5) is 18.9 Å². The third-order valence-electron chi connectivity index (χ3n) is 4.85. The largest absolute Gasteiger partial charge is 0.416 e. The van der Waals surface area contributed by atoms with Crippen molar-refractivity contribution in [1.29, 1.82) is 0 Å². The summed E-state index contributed by atoms with van der Waals surface area (Å²) in [4.78, 5) is 33.8. The minimum absolute atomic E-state index is 0.0471. The first-order chi connectivity index (χ1) is 14.7. The fourth-order valence-electron chi connectivity index (χ4n) is 3.25. The van der Waals surface area contributed by atoms with Gasteiger partial charge in [0.05, 0.1) is 29.2 Å². The summed E-state index contributed by atoms with van der Waals surface area (Å²) in [7, 11) is 3.09. The molecule has 0 unspecified atom stereocenters. The predicted octanol–water partition coefficient (Wildman–Crippen LogP) is 3.61. The van der Waals surface area contributed by atoms with Gasteiger partial charge < -0.3 is 9.88 Å². The van der Waals surface area contributed by atoms with Gasteiger partial charge in [-0.3, -0.25) is 14.2 Å². The number of fused-ring (bicyclic) bond motifs is 1. The van der Waals surface area contributed by atoms with Crippen molar-refractivity contribution in [2.24, 2.45) is 14.1 Å². The summed E-state index contributed by atoms with van der Waals surface area (Å²) >= 11 is 0. The van der Waals surface area contributed by atoms with Crippen molar-refractivity contribution in [2.75, 3.05) is 5.32 Å². The Morgan fingerprint density at radius 3 is 2.52 bits per heavy atom. The Morgan fingerprint density at radius 1 is 1.10 bits per heavy atom. The highest BCUT2D eigenvalue weighted by Crippen LogP contribution is 2.32. The molecule has 0 atom stereocenters. The van der Waals surface area contributed by atoms with Crippen molar-refractivity contribution in [1.82, 2.24) is 19.1 Å². The fraction of sp³-hybridized carbons (Fsp3) is 0.143. The van der Waals surface area contributed by atoms with Crippen LogP contribution in [0.5, 0.6) is 0 Å². The average molecular weight is 427 g/mol. The maximum Gasteiger partial charge on any atom is 0.416 e. The Bertz CT molecular complexity index is 1370. The van der Waals surface area contributed by atoms with E-state index in [0.717, 1.165) is 12.1 Å². The molecule has 2 heterocycles. The Balaban J connectivity index is 1.87. The van der Waals surface area contributed by atoms with Crippen LogP contribution in [0.25, 0.3) is 22.3 Å². The van der Waals surface area contributed by atoms with Crippen LogP contribution in [0, 0.1) is 0 Å². The van der Waals surface area contributed by atoms with Gasteiger partial charge in [0.25, 0.3) is 11.5 Å². The fourth-order valence-corrected chi connectivity index (χ4v) is 3.25. The molecule has 0 aliphatic rings. The highest BCUT2D eigenvalue weighted by Gasteiger charge is 2.30. The standard InChI is InChI=1S/C21H16F3N5O2/c1-28-11-25-10-16(28)19(30)26-15-8-4-7-14-17(15)27-18(29(2)20(14)31)12-5-3-6-13(9-12)21(22,23)24/h3-11H,1-2H3,(H,26,30). The number of nitrogens with zero attached hydrogens (tertiary/aromatic N) is 4. The molecule has 0 bridgehead atoms. The van der Waals surface area contributed by atoms with E-state index in [-0.39, 0.29) is 28.0 Å². The summed E-state index contributed by atoms with van der Waals surface area (Å²) in [5.41, 5.74) is -0.447. The number of anilines is 1. The van der Waals surface area contributed by atoms with Crippen LogP contribution in [0.1, 0.15) is 16.1 Å². The zero-order valence-corrected chi connectivity index (χ0v) is 16.4. The molecular weight excluding hydrogens is 411 g/mol. The van der Waals surface area contributed by atoms with E-state index >= 15 is 0 Å². The maximum absolute atomic E-state index is 13.1. The van der Waals surface area contributed by atoms with E-state index in [1.807, 2.05) is 0 Å². The average Bonchev–Trinajstić information content (AvgIpc) is 3.16. The molecule has 2 aromatic carbocycles. The van der Waals surface area contributed by atoms with Gasteiger partial charge >= 0.3 is 6.18 Å². The number of para-hydroxylation sites is 1. The molecule has 4 rings (SSSR count). The van der Waals surface area contributed by atoms with E-state index in [9.17, 15) is 22.8 Å². The number of rotatable bonds is 3. The minimum atomic E-state index is -4.53. The van der Waals surface area contributed by atoms with Gasteiger partial charge in [0.2, 0.25) is 0 Å². The van der Waals surface area contributed by atoms with Gasteiger partial charge in [0.15, 0.2) is 0 Å². The number of aromatic nitrogens is 4. The van der Waals surface area contributed by atoms with Gasteiger partial charge in [0.1, 0.15) is 17.0 Å². The van der Waals surface area contributed by atoms with Gasteiger partial charge in [-0.15, -0.1) is 0 Å². The zero-order chi connectivity index (χ0) is 22.3. The third kappa shape index (κ3) is 3.67. The number of hydrogen-bond donors (Lipinski definition) is 1. The summed E-state index contributed by atoms with van der Waals surface area (Å²) < 4.78 is 42.2. The summed E-state index contributed by atoms with van der Waals surface area (Å²) in [5.74, 6) is -0.415. The summed E-state index contributed by atoms with van der Waals surface area (Å²) in [6.07, 6.45) is -1.67. The summed E-state index contributed by atoms with van der Waals surface area (Å²) in [6, 6.07) is 9.28. The van der Waals surface area contributed by atoms with Crippen LogP contribution in [-0.2, 0) is 20.3 Å². The number of nitrogens with one attached hydrogen (secondary N) is 1. The molecule has 4 aromatic rings. The van der Waals surface area contributed by atoms with Crippen molar-refractivity contribution >= 4 is 22.5 Å². The number of aryl methyl sites for hydroxylation is 1. The first kappa shape index (κ1) is 20.3. The first-order valence-electron chi connectivity index (χ1n) is 9.12. The third-order valence-corrected chi connectivity index (χ3v) is 4.85. The summed E-state index contributed by atoms with van der Waals surface area (Å²) in [5, 5.41) is 2.92. The second-order valence-electron chi connectivity index (χ2n) is 6.92. The Labute approximate surface area is 173 Å². The van der Waals surface area contributed by atoms with Gasteiger partial charge in [-0.25, -0.2) is 9.97 Å². The van der Waals surface area contributed by atoms with Gasteiger partial charge in [-0.2, -0.15) is 13.2 Å². The lowest BCUT2D eigenvalue weighted by molar-refractivity contribution is -0.137. The topological polar surface area (TPSA) is 81.8 Å². The lowest BCUT2D eigenvalue weighted by Crippen LogP contribution is -2.22. The second kappa shape index (κ2) is 7.38. The molecule has 0 spiro atoms. The van der Waals surface area contributed by atoms with Gasteiger partial charge in [-0.1, -0.05) is 18.2 Å². The van der Waals surface area contributed by atoms with E-state index in [1.54, 1.807) is 25.2 Å². The molecule has 0 saturated heterocycles. The van der Waals surface area contributed by atoms with E-state index < -0.39 is 23.2 Å². The molecule has 1 N–H and O–H groups in total. The number of carbonyl (C=O) groups excluding carboxylic acids is 1. The molecule has 0 aliphatic heterocycles. The first-order valence-corrected chi connectivity index (χ1v) is 9.12. The van der Waals surface area contributed by atoms with Crippen molar-refractivity contribution in [3.8, 4) is 11.4 Å². The van der Waals surface area contributed by atoms with Crippen molar-refractivity contribution in [2.45, 2.75) is 6.18 Å². The van der Waals surface area contributed by atoms with Crippen molar-refractivity contribution in [3.05, 3.63) is 76.6 Å². The Kier molecular flexibility index (Phi) is 4.84. The van der Waals surface area contributed by atoms with Crippen LogP contribution in [0.2, 0.25) is 0 Å². The molecule has 0 fully saturated rings. The number of halogens is 3. The monoisotopic (exact) mass is 427 g/mol. The lowest BCUT2D eigenvalue weighted by atomic mass is 10.1. The van der Waals surface area contributed by atoms with E-state index in [2.05, 4.69) is 15.3 Å². The van der Waals surface area contributed by atoms with Crippen molar-refractivity contribution in [3.63, 3.8) is 0 Å². The number of imidazole rings is 1. The predicted molar refractivity (Wildman–Crippen MR) is 109 cm³/mol. The Hall–Kier alpha value is -3.95. The molecule has 7 nitrogen and oxygen atoms in total. The number of carbonyl (C=O) groups is 1. The molecule has 10 heteroatoms. The second-order valence-corrected chi connectivity index (χ2v) is 6.92. The number of amides is 1. The van der Waals surface area contributed by atoms with E-state index in [0.29, 0.717) is 5.69 Å². The number of hydrogen-bond acceptors (Lipinski definition) is 4. The molecule has 0 saturated carbocycles. The van der Waals surface area contributed by atoms with Crippen LogP contribution in [0.3, 0.4) is 0 Å². The highest BCUT2D eigenvalue weighted by molar-refractivity contribution is 6.07. The van der Waals surface area contributed by atoms with Crippen LogP contribution in [0.15, 0.2) is 59.8 Å². The molecule has 0 radical (unpaired) electrons. The molecule has 2 aromatic heterocycles. The normalized spacial score (nSPS) is 11.6. The minimum Gasteiger partial charge on any atom is -0.330 e. The van der Waals surface area contributed by atoms with E-state index in [1.165, 1.54) is 40.8 Å². The van der Waals surface area contributed by atoms with Crippen LogP contribution in [-0.4, -0.2) is 25.0 Å². The van der Waals surface area contributed by atoms with E-state index in [4.69, 9.17) is 0 Å². The summed E-state index contributed by atoms with van der Waals surface area (Å²) in [6.45, 7) is 0. The quantitative estimate of drug-likeness (QED) is 0.542. The molecule has 31 heavy (non-hydrogen) atoms. The van der Waals surface area contributed by atoms with Crippen LogP contribution >= 0.6 is 0 Å². The highest BCUT2D eigenvalue weighted by atomic mass is 19.4. The molecule has 0 aliphatic carbocycles. The maximum atomic E-state index is 13.1. The SMILES string of the molecule is Cn1cncc1C(=O)Nc1cccc2c(=O)n(C)c(-c3cccc(C(F)(F)F)c3)nc12.